The molecule has 2 aliphatic rings. The zero-order valence-corrected chi connectivity index (χ0v) is 19.7. The van der Waals surface area contributed by atoms with E-state index in [2.05, 4.69) is 29.6 Å². The van der Waals surface area contributed by atoms with Gasteiger partial charge < -0.3 is 5.32 Å². The van der Waals surface area contributed by atoms with Crippen molar-refractivity contribution in [3.63, 3.8) is 0 Å². The topological polar surface area (TPSA) is 92.6 Å². The molecule has 3 aromatic rings. The molecule has 2 amide bonds. The van der Waals surface area contributed by atoms with E-state index in [4.69, 9.17) is 0 Å². The highest BCUT2D eigenvalue weighted by Gasteiger charge is 2.48. The fourth-order valence-electron chi connectivity index (χ4n) is 5.26. The molecule has 0 bridgehead atoms. The number of carbonyl (C=O) groups is 2. The Bertz CT molecular complexity index is 1240. The molecule has 1 heterocycles. The third kappa shape index (κ3) is 4.52. The molecule has 0 aromatic heterocycles. The van der Waals surface area contributed by atoms with Crippen molar-refractivity contribution in [2.45, 2.75) is 25.2 Å². The van der Waals surface area contributed by atoms with Crippen molar-refractivity contribution in [3.05, 3.63) is 112 Å². The Hall–Kier alpha value is -4.26. The van der Waals surface area contributed by atoms with Crippen LogP contribution in [0.4, 0.5) is 17.1 Å². The summed E-state index contributed by atoms with van der Waals surface area (Å²) in [6.07, 6.45) is 5.62. The van der Waals surface area contributed by atoms with E-state index >= 15 is 0 Å². The monoisotopic (exact) mass is 481 g/mol. The second kappa shape index (κ2) is 10.2. The SMILES string of the molecule is O=C1[C@H]2CC=CC[C@H]2C(=O)N1c1ccc(NCCC(c2ccccc2)c2ccccc2)c([N+](=O)[O-])c1. The van der Waals surface area contributed by atoms with Gasteiger partial charge in [-0.1, -0.05) is 72.8 Å². The summed E-state index contributed by atoms with van der Waals surface area (Å²) in [4.78, 5) is 38.4. The highest BCUT2D eigenvalue weighted by Crippen LogP contribution is 2.40. The molecule has 1 saturated heterocycles. The largest absolute Gasteiger partial charge is 0.379 e. The number of amides is 2. The lowest BCUT2D eigenvalue weighted by atomic mass is 9.85. The van der Waals surface area contributed by atoms with Gasteiger partial charge >= 0.3 is 0 Å². The Morgan fingerprint density at radius 1 is 0.861 bits per heavy atom. The Labute approximate surface area is 209 Å². The van der Waals surface area contributed by atoms with Gasteiger partial charge in [0.1, 0.15) is 5.69 Å². The van der Waals surface area contributed by atoms with Gasteiger partial charge in [-0.2, -0.15) is 0 Å². The minimum absolute atomic E-state index is 0.134. The molecular weight excluding hydrogens is 454 g/mol. The summed E-state index contributed by atoms with van der Waals surface area (Å²) in [5.74, 6) is -1.19. The average Bonchev–Trinajstić information content (AvgIpc) is 3.17. The fraction of sp³-hybridized carbons (Fsp3) is 0.241. The van der Waals surface area contributed by atoms with E-state index < -0.39 is 4.92 Å². The number of hydrogen-bond donors (Lipinski definition) is 1. The molecule has 2 atom stereocenters. The second-order valence-electron chi connectivity index (χ2n) is 9.22. The molecule has 0 spiro atoms. The minimum atomic E-state index is -0.475. The smallest absolute Gasteiger partial charge is 0.294 e. The number of fused-ring (bicyclic) bond motifs is 1. The van der Waals surface area contributed by atoms with Gasteiger partial charge in [0, 0.05) is 18.5 Å². The first kappa shape index (κ1) is 23.5. The van der Waals surface area contributed by atoms with Crippen LogP contribution >= 0.6 is 0 Å². The van der Waals surface area contributed by atoms with E-state index in [9.17, 15) is 19.7 Å². The summed E-state index contributed by atoms with van der Waals surface area (Å²) in [5.41, 5.74) is 2.82. The molecule has 0 unspecified atom stereocenters. The molecule has 0 saturated carbocycles. The second-order valence-corrected chi connectivity index (χ2v) is 9.22. The lowest BCUT2D eigenvalue weighted by Crippen LogP contribution is -2.30. The van der Waals surface area contributed by atoms with Crippen LogP contribution < -0.4 is 10.2 Å². The summed E-state index contributed by atoms with van der Waals surface area (Å²) in [5, 5.41) is 15.1. The summed E-state index contributed by atoms with van der Waals surface area (Å²) < 4.78 is 0. The number of carbonyl (C=O) groups excluding carboxylic acids is 2. The standard InChI is InChI=1S/C29H27N3O4/c33-28-24-13-7-8-14-25(24)29(34)31(28)22-15-16-26(27(19-22)32(35)36)30-18-17-23(20-9-3-1-4-10-20)21-11-5-2-6-12-21/h1-12,15-16,19,23-25,30H,13-14,17-18H2/t24-,25+. The third-order valence-corrected chi connectivity index (χ3v) is 7.10. The number of rotatable bonds is 8. The van der Waals surface area contributed by atoms with Crippen LogP contribution in [0.5, 0.6) is 0 Å². The fourth-order valence-corrected chi connectivity index (χ4v) is 5.26. The molecule has 7 nitrogen and oxygen atoms in total. The number of hydrogen-bond acceptors (Lipinski definition) is 5. The predicted molar refractivity (Wildman–Crippen MR) is 139 cm³/mol. The summed E-state index contributed by atoms with van der Waals surface area (Å²) >= 11 is 0. The molecule has 7 heteroatoms. The van der Waals surface area contributed by atoms with Crippen LogP contribution in [0.2, 0.25) is 0 Å². The van der Waals surface area contributed by atoms with Crippen LogP contribution in [-0.4, -0.2) is 23.3 Å². The van der Waals surface area contributed by atoms with Crippen molar-refractivity contribution in [3.8, 4) is 0 Å². The number of allylic oxidation sites excluding steroid dienone is 2. The molecular formula is C29H27N3O4. The predicted octanol–water partition coefficient (Wildman–Crippen LogP) is 5.68. The first-order chi connectivity index (χ1) is 17.5. The summed E-state index contributed by atoms with van der Waals surface area (Å²) in [7, 11) is 0. The highest BCUT2D eigenvalue weighted by atomic mass is 16.6. The number of nitrogens with one attached hydrogen (secondary N) is 1. The van der Waals surface area contributed by atoms with E-state index in [1.54, 1.807) is 12.1 Å². The molecule has 36 heavy (non-hydrogen) atoms. The normalized spacial score (nSPS) is 19.0. The van der Waals surface area contributed by atoms with Crippen molar-refractivity contribution in [1.82, 2.24) is 0 Å². The molecule has 1 N–H and O–H groups in total. The first-order valence-electron chi connectivity index (χ1n) is 12.2. The van der Waals surface area contributed by atoms with Crippen LogP contribution in [0.3, 0.4) is 0 Å². The Kier molecular flexibility index (Phi) is 6.62. The van der Waals surface area contributed by atoms with Gasteiger partial charge in [0.25, 0.3) is 5.69 Å². The van der Waals surface area contributed by atoms with Crippen LogP contribution in [0.15, 0.2) is 91.0 Å². The zero-order valence-electron chi connectivity index (χ0n) is 19.7. The number of nitrogens with zero attached hydrogens (tertiary/aromatic N) is 2. The van der Waals surface area contributed by atoms with Crippen LogP contribution in [0.25, 0.3) is 0 Å². The van der Waals surface area contributed by atoms with E-state index in [1.807, 2.05) is 48.6 Å². The third-order valence-electron chi connectivity index (χ3n) is 7.10. The Balaban J connectivity index is 1.35. The van der Waals surface area contributed by atoms with Crippen molar-refractivity contribution >= 4 is 28.9 Å². The molecule has 182 valence electrons. The van der Waals surface area contributed by atoms with Gasteiger partial charge in [-0.15, -0.1) is 0 Å². The average molecular weight is 482 g/mol. The van der Waals surface area contributed by atoms with Crippen molar-refractivity contribution < 1.29 is 14.5 Å². The lowest BCUT2D eigenvalue weighted by molar-refractivity contribution is -0.383. The summed E-state index contributed by atoms with van der Waals surface area (Å²) in [6, 6.07) is 24.9. The maximum atomic E-state index is 12.9. The first-order valence-corrected chi connectivity index (χ1v) is 12.2. The molecule has 3 aromatic carbocycles. The van der Waals surface area contributed by atoms with Gasteiger partial charge in [0.2, 0.25) is 11.8 Å². The van der Waals surface area contributed by atoms with E-state index in [1.165, 1.54) is 17.2 Å². The van der Waals surface area contributed by atoms with E-state index in [0.29, 0.717) is 25.1 Å². The van der Waals surface area contributed by atoms with Gasteiger partial charge in [0.15, 0.2) is 0 Å². The number of nitro groups is 1. The van der Waals surface area contributed by atoms with Crippen molar-refractivity contribution in [2.75, 3.05) is 16.8 Å². The van der Waals surface area contributed by atoms with Crippen LogP contribution in [-0.2, 0) is 9.59 Å². The Morgan fingerprint density at radius 3 is 1.94 bits per heavy atom. The van der Waals surface area contributed by atoms with Crippen LogP contribution in [0, 0.1) is 22.0 Å². The number of imide groups is 1. The summed E-state index contributed by atoms with van der Waals surface area (Å²) in [6.45, 7) is 0.506. The van der Waals surface area contributed by atoms with Gasteiger partial charge in [-0.3, -0.25) is 19.7 Å². The number of benzene rings is 3. The molecule has 5 rings (SSSR count). The van der Waals surface area contributed by atoms with Gasteiger partial charge in [-0.05, 0) is 42.5 Å². The van der Waals surface area contributed by atoms with Crippen LogP contribution in [0.1, 0.15) is 36.3 Å². The minimum Gasteiger partial charge on any atom is -0.379 e. The van der Waals surface area contributed by atoms with Gasteiger partial charge in [0.05, 0.1) is 22.4 Å². The Morgan fingerprint density at radius 2 is 1.42 bits per heavy atom. The maximum Gasteiger partial charge on any atom is 0.294 e. The molecule has 0 radical (unpaired) electrons. The quantitative estimate of drug-likeness (QED) is 0.193. The maximum absolute atomic E-state index is 12.9. The van der Waals surface area contributed by atoms with Crippen molar-refractivity contribution in [2.24, 2.45) is 11.8 Å². The van der Waals surface area contributed by atoms with Crippen molar-refractivity contribution in [1.29, 1.82) is 0 Å². The number of anilines is 2. The van der Waals surface area contributed by atoms with E-state index in [-0.39, 0.29) is 40.9 Å². The highest BCUT2D eigenvalue weighted by molar-refractivity contribution is 6.22. The van der Waals surface area contributed by atoms with Gasteiger partial charge in [-0.25, -0.2) is 4.90 Å². The molecule has 1 aliphatic heterocycles. The number of nitro benzene ring substituents is 1. The molecule has 1 aliphatic carbocycles. The zero-order chi connectivity index (χ0) is 25.1. The van der Waals surface area contributed by atoms with E-state index in [0.717, 1.165) is 11.3 Å². The molecule has 1 fully saturated rings. The lowest BCUT2D eigenvalue weighted by Gasteiger charge is -2.19.